The van der Waals surface area contributed by atoms with Crippen LogP contribution in [0.3, 0.4) is 0 Å². The van der Waals surface area contributed by atoms with Gasteiger partial charge in [-0.15, -0.1) is 0 Å². The Morgan fingerprint density at radius 2 is 1.74 bits per heavy atom. The summed E-state index contributed by atoms with van der Waals surface area (Å²) in [6.45, 7) is 3.72. The molecule has 2 rings (SSSR count). The van der Waals surface area contributed by atoms with Crippen LogP contribution in [0.1, 0.15) is 32.3 Å². The van der Waals surface area contributed by atoms with Crippen LogP contribution in [0.15, 0.2) is 30.5 Å². The van der Waals surface area contributed by atoms with Gasteiger partial charge in [0.15, 0.2) is 0 Å². The van der Waals surface area contributed by atoms with E-state index in [4.69, 9.17) is 11.5 Å². The van der Waals surface area contributed by atoms with E-state index in [1.165, 1.54) is 0 Å². The number of amides is 3. The molecular weight excluding hydrogens is 402 g/mol. The predicted molar refractivity (Wildman–Crippen MR) is 115 cm³/mol. The van der Waals surface area contributed by atoms with Gasteiger partial charge in [0.25, 0.3) is 0 Å². The molecule has 1 aromatic carbocycles. The van der Waals surface area contributed by atoms with Gasteiger partial charge in [-0.1, -0.05) is 38.5 Å². The summed E-state index contributed by atoms with van der Waals surface area (Å²) in [6, 6.07) is 4.02. The summed E-state index contributed by atoms with van der Waals surface area (Å²) in [5.74, 6) is -3.65. The molecule has 0 bridgehead atoms. The van der Waals surface area contributed by atoms with E-state index in [1.807, 2.05) is 38.1 Å². The second-order valence-electron chi connectivity index (χ2n) is 7.61. The standard InChI is InChI=1S/C21H29N5O5/c1-3-11(2)18(23)20(29)25-15(19(28)26-16(21(30)31)9-17(22)27)8-12-10-24-14-7-5-4-6-13(12)14/h4-7,10-11,15-16,18,24H,3,8-9,23H2,1-2H3,(H2,22,27)(H,25,29)(H,26,28)(H,30,31)/t11-,15-,16-,18-/m0/s1. The fourth-order valence-electron chi connectivity index (χ4n) is 3.18. The molecule has 0 saturated carbocycles. The lowest BCUT2D eigenvalue weighted by Crippen LogP contribution is -2.56. The average molecular weight is 431 g/mol. The number of primary amides is 1. The van der Waals surface area contributed by atoms with Crippen LogP contribution in [0.25, 0.3) is 10.9 Å². The van der Waals surface area contributed by atoms with Crippen LogP contribution in [0, 0.1) is 5.92 Å². The molecule has 0 aliphatic carbocycles. The largest absolute Gasteiger partial charge is 0.480 e. The van der Waals surface area contributed by atoms with Crippen molar-refractivity contribution in [1.82, 2.24) is 15.6 Å². The molecule has 2 aromatic rings. The van der Waals surface area contributed by atoms with Crippen molar-refractivity contribution in [3.63, 3.8) is 0 Å². The first kappa shape index (κ1) is 23.9. The number of carboxylic acid groups (broad SMARTS) is 1. The summed E-state index contributed by atoms with van der Waals surface area (Å²) in [5.41, 5.74) is 12.7. The molecule has 0 aliphatic heterocycles. The summed E-state index contributed by atoms with van der Waals surface area (Å²) in [5, 5.41) is 15.1. The number of hydrogen-bond donors (Lipinski definition) is 6. The molecule has 0 aliphatic rings. The maximum atomic E-state index is 12.9. The van der Waals surface area contributed by atoms with E-state index in [2.05, 4.69) is 15.6 Å². The Morgan fingerprint density at radius 3 is 2.35 bits per heavy atom. The number of para-hydroxylation sites is 1. The molecule has 0 saturated heterocycles. The zero-order valence-corrected chi connectivity index (χ0v) is 17.6. The minimum Gasteiger partial charge on any atom is -0.480 e. The third-order valence-corrected chi connectivity index (χ3v) is 5.31. The number of aromatic nitrogens is 1. The molecule has 0 radical (unpaired) electrons. The maximum absolute atomic E-state index is 12.9. The molecule has 4 atom stereocenters. The number of rotatable bonds is 11. The van der Waals surface area contributed by atoms with E-state index in [0.717, 1.165) is 16.5 Å². The fourth-order valence-corrected chi connectivity index (χ4v) is 3.18. The van der Waals surface area contributed by atoms with Crippen LogP contribution in [-0.2, 0) is 25.6 Å². The first-order chi connectivity index (χ1) is 14.6. The molecule has 1 heterocycles. The number of carbonyl (C=O) groups is 4. The zero-order valence-electron chi connectivity index (χ0n) is 17.6. The number of carboxylic acids is 1. The summed E-state index contributed by atoms with van der Waals surface area (Å²) >= 11 is 0. The zero-order chi connectivity index (χ0) is 23.1. The Kier molecular flexibility index (Phi) is 8.14. The van der Waals surface area contributed by atoms with Crippen molar-refractivity contribution in [2.24, 2.45) is 17.4 Å². The molecule has 168 valence electrons. The molecule has 0 unspecified atom stereocenters. The Hall–Kier alpha value is -3.40. The number of H-pyrrole nitrogens is 1. The number of hydrogen-bond acceptors (Lipinski definition) is 5. The van der Waals surface area contributed by atoms with Gasteiger partial charge < -0.3 is 32.2 Å². The second-order valence-corrected chi connectivity index (χ2v) is 7.61. The average Bonchev–Trinajstić information content (AvgIpc) is 3.13. The Bertz CT molecular complexity index is 957. The molecule has 1 aromatic heterocycles. The number of benzene rings is 1. The number of nitrogens with two attached hydrogens (primary N) is 2. The minimum atomic E-state index is -1.50. The van der Waals surface area contributed by atoms with Crippen molar-refractivity contribution >= 4 is 34.6 Å². The highest BCUT2D eigenvalue weighted by Gasteiger charge is 2.30. The third-order valence-electron chi connectivity index (χ3n) is 5.31. The van der Waals surface area contributed by atoms with Gasteiger partial charge in [0.05, 0.1) is 12.5 Å². The van der Waals surface area contributed by atoms with Crippen LogP contribution < -0.4 is 22.1 Å². The van der Waals surface area contributed by atoms with E-state index >= 15 is 0 Å². The predicted octanol–water partition coefficient (Wildman–Crippen LogP) is 0.0134. The Labute approximate surface area is 179 Å². The molecule has 0 spiro atoms. The van der Waals surface area contributed by atoms with Gasteiger partial charge in [0.1, 0.15) is 12.1 Å². The van der Waals surface area contributed by atoms with E-state index in [-0.39, 0.29) is 12.3 Å². The van der Waals surface area contributed by atoms with Gasteiger partial charge in [-0.05, 0) is 17.5 Å². The lowest BCUT2D eigenvalue weighted by atomic mass is 9.98. The van der Waals surface area contributed by atoms with Crippen molar-refractivity contribution in [2.75, 3.05) is 0 Å². The third kappa shape index (κ3) is 6.29. The summed E-state index contributed by atoms with van der Waals surface area (Å²) in [6.07, 6.45) is 1.93. The van der Waals surface area contributed by atoms with Gasteiger partial charge in [-0.25, -0.2) is 4.79 Å². The number of aromatic amines is 1. The molecule has 10 heteroatoms. The fraction of sp³-hybridized carbons (Fsp3) is 0.429. The molecule has 3 amide bonds. The number of carbonyl (C=O) groups excluding carboxylic acids is 3. The highest BCUT2D eigenvalue weighted by Crippen LogP contribution is 2.19. The van der Waals surface area contributed by atoms with Crippen molar-refractivity contribution in [1.29, 1.82) is 0 Å². The Balaban J connectivity index is 2.27. The highest BCUT2D eigenvalue weighted by atomic mass is 16.4. The van der Waals surface area contributed by atoms with Gasteiger partial charge >= 0.3 is 5.97 Å². The summed E-state index contributed by atoms with van der Waals surface area (Å²) < 4.78 is 0. The normalized spacial score (nSPS) is 14.9. The van der Waals surface area contributed by atoms with E-state index in [0.29, 0.717) is 6.42 Å². The van der Waals surface area contributed by atoms with Crippen LogP contribution in [-0.4, -0.2) is 51.9 Å². The van der Waals surface area contributed by atoms with Crippen LogP contribution >= 0.6 is 0 Å². The molecule has 8 N–H and O–H groups in total. The van der Waals surface area contributed by atoms with Crippen molar-refractivity contribution in [3.05, 3.63) is 36.0 Å². The molecule has 0 fully saturated rings. The van der Waals surface area contributed by atoms with Gasteiger partial charge in [0, 0.05) is 23.5 Å². The second kappa shape index (κ2) is 10.6. The number of nitrogens with one attached hydrogen (secondary N) is 3. The molecule has 31 heavy (non-hydrogen) atoms. The lowest BCUT2D eigenvalue weighted by molar-refractivity contribution is -0.143. The van der Waals surface area contributed by atoms with Gasteiger partial charge in [-0.3, -0.25) is 14.4 Å². The van der Waals surface area contributed by atoms with Crippen LogP contribution in [0.4, 0.5) is 0 Å². The van der Waals surface area contributed by atoms with Gasteiger partial charge in [0.2, 0.25) is 17.7 Å². The van der Waals surface area contributed by atoms with Gasteiger partial charge in [-0.2, -0.15) is 0 Å². The van der Waals surface area contributed by atoms with E-state index < -0.39 is 48.2 Å². The SMILES string of the molecule is CC[C@H](C)[C@H](N)C(=O)N[C@@H](Cc1c[nH]c2ccccc12)C(=O)N[C@@H](CC(N)=O)C(=O)O. The summed E-state index contributed by atoms with van der Waals surface area (Å²) in [4.78, 5) is 51.2. The van der Waals surface area contributed by atoms with Crippen molar-refractivity contribution < 1.29 is 24.3 Å². The highest BCUT2D eigenvalue weighted by molar-refractivity contribution is 5.94. The Morgan fingerprint density at radius 1 is 1.10 bits per heavy atom. The number of fused-ring (bicyclic) bond motifs is 1. The number of aliphatic carboxylic acids is 1. The first-order valence-electron chi connectivity index (χ1n) is 10.1. The smallest absolute Gasteiger partial charge is 0.326 e. The maximum Gasteiger partial charge on any atom is 0.326 e. The monoisotopic (exact) mass is 431 g/mol. The lowest BCUT2D eigenvalue weighted by Gasteiger charge is -2.24. The van der Waals surface area contributed by atoms with E-state index in [9.17, 15) is 24.3 Å². The molecular formula is C21H29N5O5. The van der Waals surface area contributed by atoms with Crippen LogP contribution in [0.2, 0.25) is 0 Å². The van der Waals surface area contributed by atoms with Crippen molar-refractivity contribution in [2.45, 2.75) is 51.2 Å². The first-order valence-corrected chi connectivity index (χ1v) is 10.1. The molecule has 10 nitrogen and oxygen atoms in total. The van der Waals surface area contributed by atoms with Crippen LogP contribution in [0.5, 0.6) is 0 Å². The van der Waals surface area contributed by atoms with E-state index in [1.54, 1.807) is 6.20 Å². The topological polar surface area (TPSA) is 180 Å². The minimum absolute atomic E-state index is 0.0950. The van der Waals surface area contributed by atoms with Crippen molar-refractivity contribution in [3.8, 4) is 0 Å². The quantitative estimate of drug-likeness (QED) is 0.291. The summed E-state index contributed by atoms with van der Waals surface area (Å²) in [7, 11) is 0.